The van der Waals surface area contributed by atoms with Crippen LogP contribution in [0, 0.1) is 17.9 Å². The molecule has 3 unspecified atom stereocenters. The van der Waals surface area contributed by atoms with Crippen LogP contribution in [0.1, 0.15) is 20.8 Å². The fourth-order valence-corrected chi connectivity index (χ4v) is 1.98. The lowest BCUT2D eigenvalue weighted by atomic mass is 9.86. The third-order valence-corrected chi connectivity index (χ3v) is 3.00. The number of hydrogen-bond acceptors (Lipinski definition) is 2. The molecule has 2 aliphatic heterocycles. The van der Waals surface area contributed by atoms with Crippen LogP contribution in [0.5, 0.6) is 0 Å². The highest BCUT2D eigenvalue weighted by atomic mass is 16.6. The lowest BCUT2D eigenvalue weighted by molar-refractivity contribution is 0.00108. The highest BCUT2D eigenvalue weighted by Gasteiger charge is 2.65. The van der Waals surface area contributed by atoms with Gasteiger partial charge in [-0.05, 0) is 6.92 Å². The highest BCUT2D eigenvalue weighted by Crippen LogP contribution is 2.48. The van der Waals surface area contributed by atoms with Gasteiger partial charge in [-0.15, -0.1) is 0 Å². The Morgan fingerprint density at radius 1 is 1.36 bits per heavy atom. The molecule has 3 atom stereocenters. The number of hydrogen-bond donors (Lipinski definition) is 0. The van der Waals surface area contributed by atoms with Crippen LogP contribution in [0.2, 0.25) is 0 Å². The van der Waals surface area contributed by atoms with Crippen LogP contribution in [-0.2, 0) is 9.47 Å². The maximum absolute atomic E-state index is 5.73. The minimum atomic E-state index is -0.0700. The van der Waals surface area contributed by atoms with Crippen molar-refractivity contribution in [1.29, 1.82) is 0 Å². The van der Waals surface area contributed by atoms with Gasteiger partial charge in [0.25, 0.3) is 6.10 Å². The quantitative estimate of drug-likeness (QED) is 0.495. The van der Waals surface area contributed by atoms with E-state index in [4.69, 9.17) is 9.47 Å². The first-order chi connectivity index (χ1) is 5.14. The SMILES string of the molecule is CC1COC2(C)[C+]1OCC2C. The third-order valence-electron chi connectivity index (χ3n) is 3.00. The summed E-state index contributed by atoms with van der Waals surface area (Å²) in [5.41, 5.74) is -0.0700. The Morgan fingerprint density at radius 3 is 2.73 bits per heavy atom. The van der Waals surface area contributed by atoms with Crippen LogP contribution < -0.4 is 0 Å². The lowest BCUT2D eigenvalue weighted by Crippen LogP contribution is -2.32. The van der Waals surface area contributed by atoms with Crippen molar-refractivity contribution in [3.05, 3.63) is 6.10 Å². The molecule has 2 heterocycles. The van der Waals surface area contributed by atoms with Crippen LogP contribution in [0.4, 0.5) is 0 Å². The van der Waals surface area contributed by atoms with Crippen molar-refractivity contribution in [3.63, 3.8) is 0 Å². The average molecular weight is 155 g/mol. The first-order valence-corrected chi connectivity index (χ1v) is 4.28. The van der Waals surface area contributed by atoms with Gasteiger partial charge in [0, 0.05) is 6.92 Å². The van der Waals surface area contributed by atoms with Gasteiger partial charge in [0.1, 0.15) is 6.61 Å². The largest absolute Gasteiger partial charge is 0.328 e. The summed E-state index contributed by atoms with van der Waals surface area (Å²) in [6, 6.07) is 0. The predicted molar refractivity (Wildman–Crippen MR) is 41.9 cm³/mol. The van der Waals surface area contributed by atoms with Crippen molar-refractivity contribution in [2.45, 2.75) is 26.4 Å². The molecule has 0 bridgehead atoms. The summed E-state index contributed by atoms with van der Waals surface area (Å²) in [6.45, 7) is 8.15. The Balaban J connectivity index is 2.23. The molecule has 0 spiro atoms. The average Bonchev–Trinajstić information content (AvgIpc) is 2.39. The van der Waals surface area contributed by atoms with Crippen molar-refractivity contribution in [3.8, 4) is 0 Å². The van der Waals surface area contributed by atoms with Gasteiger partial charge in [-0.2, -0.15) is 4.74 Å². The third kappa shape index (κ3) is 0.828. The zero-order valence-electron chi connectivity index (χ0n) is 7.39. The molecular weight excluding hydrogens is 140 g/mol. The Kier molecular flexibility index (Phi) is 1.45. The Labute approximate surface area is 67.9 Å². The van der Waals surface area contributed by atoms with Gasteiger partial charge in [0.05, 0.1) is 12.5 Å². The first-order valence-electron chi connectivity index (χ1n) is 4.28. The van der Waals surface area contributed by atoms with E-state index in [1.807, 2.05) is 0 Å². The monoisotopic (exact) mass is 155 g/mol. The maximum atomic E-state index is 5.73. The molecular formula is C9H15O2+. The Hall–Kier alpha value is -0.210. The maximum Gasteiger partial charge on any atom is 0.279 e. The standard InChI is InChI=1S/C9H15O2/c1-6-4-11-9(3)7(2)5-10-8(6)9/h6-7H,4-5H2,1-3H3/q+1. The molecule has 2 nitrogen and oxygen atoms in total. The smallest absolute Gasteiger partial charge is 0.279 e. The van der Waals surface area contributed by atoms with E-state index in [-0.39, 0.29) is 5.60 Å². The molecule has 0 radical (unpaired) electrons. The Bertz CT molecular complexity index is 169. The summed E-state index contributed by atoms with van der Waals surface area (Å²) in [5, 5.41) is 0. The molecule has 0 aliphatic carbocycles. The molecule has 0 saturated carbocycles. The molecule has 2 rings (SSSR count). The van der Waals surface area contributed by atoms with Crippen molar-refractivity contribution in [1.82, 2.24) is 0 Å². The molecule has 0 amide bonds. The normalized spacial score (nSPS) is 49.9. The fraction of sp³-hybridized carbons (Fsp3) is 0.889. The van der Waals surface area contributed by atoms with Crippen molar-refractivity contribution in [2.75, 3.05) is 13.2 Å². The van der Waals surface area contributed by atoms with E-state index in [2.05, 4.69) is 20.8 Å². The van der Waals surface area contributed by atoms with E-state index in [0.717, 1.165) is 13.2 Å². The van der Waals surface area contributed by atoms with Crippen molar-refractivity contribution >= 4 is 0 Å². The van der Waals surface area contributed by atoms with Gasteiger partial charge < -0.3 is 4.74 Å². The minimum Gasteiger partial charge on any atom is -0.328 e. The van der Waals surface area contributed by atoms with Gasteiger partial charge in [-0.1, -0.05) is 6.92 Å². The van der Waals surface area contributed by atoms with E-state index in [0.29, 0.717) is 11.8 Å². The van der Waals surface area contributed by atoms with Crippen molar-refractivity contribution < 1.29 is 9.47 Å². The molecule has 2 fully saturated rings. The second-order valence-corrected chi connectivity index (χ2v) is 3.90. The fourth-order valence-electron chi connectivity index (χ4n) is 1.98. The molecule has 0 N–H and O–H groups in total. The molecule has 0 aromatic heterocycles. The summed E-state index contributed by atoms with van der Waals surface area (Å²) >= 11 is 0. The Morgan fingerprint density at radius 2 is 2.09 bits per heavy atom. The second-order valence-electron chi connectivity index (χ2n) is 3.90. The predicted octanol–water partition coefficient (Wildman–Crippen LogP) is 1.61. The van der Waals surface area contributed by atoms with E-state index >= 15 is 0 Å². The van der Waals surface area contributed by atoms with Gasteiger partial charge in [-0.25, -0.2) is 0 Å². The van der Waals surface area contributed by atoms with Crippen molar-refractivity contribution in [2.24, 2.45) is 11.8 Å². The first kappa shape index (κ1) is 7.44. The van der Waals surface area contributed by atoms with E-state index in [1.54, 1.807) is 0 Å². The molecule has 2 saturated heterocycles. The zero-order chi connectivity index (χ0) is 8.06. The van der Waals surface area contributed by atoms with Gasteiger partial charge >= 0.3 is 0 Å². The molecule has 2 heteroatoms. The molecule has 2 aliphatic rings. The van der Waals surface area contributed by atoms with Crippen LogP contribution in [0.15, 0.2) is 0 Å². The van der Waals surface area contributed by atoms with Crippen LogP contribution in [0.3, 0.4) is 0 Å². The number of rotatable bonds is 0. The number of fused-ring (bicyclic) bond motifs is 1. The van der Waals surface area contributed by atoms with Crippen LogP contribution >= 0.6 is 0 Å². The molecule has 11 heavy (non-hydrogen) atoms. The van der Waals surface area contributed by atoms with Crippen LogP contribution in [-0.4, -0.2) is 18.8 Å². The van der Waals surface area contributed by atoms with E-state index < -0.39 is 0 Å². The topological polar surface area (TPSA) is 18.5 Å². The van der Waals surface area contributed by atoms with Gasteiger partial charge in [0.15, 0.2) is 5.92 Å². The highest BCUT2D eigenvalue weighted by molar-refractivity contribution is 5.14. The minimum absolute atomic E-state index is 0.0700. The second kappa shape index (κ2) is 2.14. The summed E-state index contributed by atoms with van der Waals surface area (Å²) in [4.78, 5) is 0. The summed E-state index contributed by atoms with van der Waals surface area (Å²) in [5.74, 6) is 1.01. The van der Waals surface area contributed by atoms with E-state index in [9.17, 15) is 0 Å². The molecule has 0 aromatic rings. The zero-order valence-corrected chi connectivity index (χ0v) is 7.39. The number of ether oxygens (including phenoxy) is 2. The van der Waals surface area contributed by atoms with Gasteiger partial charge in [-0.3, -0.25) is 0 Å². The van der Waals surface area contributed by atoms with Gasteiger partial charge in [0.2, 0.25) is 5.60 Å². The molecule has 62 valence electrons. The summed E-state index contributed by atoms with van der Waals surface area (Å²) in [7, 11) is 0. The van der Waals surface area contributed by atoms with Crippen LogP contribution in [0.25, 0.3) is 0 Å². The lowest BCUT2D eigenvalue weighted by Gasteiger charge is -2.15. The summed E-state index contributed by atoms with van der Waals surface area (Å²) in [6.07, 6.45) is 1.17. The summed E-state index contributed by atoms with van der Waals surface area (Å²) < 4.78 is 11.3. The molecule has 0 aromatic carbocycles. The van der Waals surface area contributed by atoms with E-state index in [1.165, 1.54) is 6.10 Å².